The van der Waals surface area contributed by atoms with Gasteiger partial charge < -0.3 is 36.8 Å². The smallest absolute Gasteiger partial charge is 0.272 e. The number of rotatable bonds is 13. The molecule has 1 saturated carbocycles. The third-order valence-corrected chi connectivity index (χ3v) is 6.66. The molecule has 0 aliphatic heterocycles. The summed E-state index contributed by atoms with van der Waals surface area (Å²) in [5, 5.41) is 21.8. The highest BCUT2D eigenvalue weighted by molar-refractivity contribution is 6.15. The van der Waals surface area contributed by atoms with Crippen molar-refractivity contribution in [3.05, 3.63) is 77.8 Å². The predicted molar refractivity (Wildman–Crippen MR) is 152 cm³/mol. The zero-order chi connectivity index (χ0) is 28.3. The lowest BCUT2D eigenvalue weighted by Gasteiger charge is -2.25. The highest BCUT2D eigenvalue weighted by Gasteiger charge is 2.22. The van der Waals surface area contributed by atoms with Crippen LogP contribution < -0.4 is 31.7 Å². The fourth-order valence-corrected chi connectivity index (χ4v) is 4.34. The first kappa shape index (κ1) is 28.4. The number of anilines is 1. The van der Waals surface area contributed by atoms with Gasteiger partial charge in [0.1, 0.15) is 0 Å². The topological polar surface area (TPSA) is 168 Å². The minimum atomic E-state index is -0.448. The van der Waals surface area contributed by atoms with Crippen LogP contribution in [0.15, 0.2) is 60.9 Å². The predicted octanol–water partition coefficient (Wildman–Crippen LogP) is 2.02. The number of aliphatic hydroxyl groups excluding tert-OH is 1. The molecule has 1 aliphatic carbocycles. The summed E-state index contributed by atoms with van der Waals surface area (Å²) in [5.41, 5.74) is 7.05. The Hall–Kier alpha value is -4.64. The number of fused-ring (bicyclic) bond motifs is 1. The number of nitrogens with zero attached hydrogens (tertiary/aromatic N) is 1. The SMILES string of the molecule is N/C=C\NCc1ccc(C(=O)Nc2ccc(OCC(=O)NCCO)nc2C(=O)NCC2CCC2)c2ccccc12. The number of carbonyl (C=O) groups excluding carboxylic acids is 3. The van der Waals surface area contributed by atoms with E-state index in [9.17, 15) is 14.4 Å². The van der Waals surface area contributed by atoms with E-state index in [1.54, 1.807) is 12.3 Å². The maximum atomic E-state index is 13.5. The molecule has 0 atom stereocenters. The van der Waals surface area contributed by atoms with E-state index < -0.39 is 17.7 Å². The molecule has 210 valence electrons. The molecule has 7 N–H and O–H groups in total. The van der Waals surface area contributed by atoms with Gasteiger partial charge in [-0.1, -0.05) is 36.8 Å². The first-order valence-electron chi connectivity index (χ1n) is 13.2. The third-order valence-electron chi connectivity index (χ3n) is 6.66. The van der Waals surface area contributed by atoms with Crippen molar-refractivity contribution in [2.24, 2.45) is 11.7 Å². The molecular formula is C29H34N6O5. The summed E-state index contributed by atoms with van der Waals surface area (Å²) in [6, 6.07) is 14.2. The van der Waals surface area contributed by atoms with Gasteiger partial charge in [-0.05, 0) is 47.2 Å². The molecule has 1 aromatic heterocycles. The van der Waals surface area contributed by atoms with Crippen molar-refractivity contribution in [3.8, 4) is 5.88 Å². The van der Waals surface area contributed by atoms with Crippen molar-refractivity contribution in [2.45, 2.75) is 25.8 Å². The van der Waals surface area contributed by atoms with E-state index >= 15 is 0 Å². The molecule has 0 spiro atoms. The number of hydrogen-bond acceptors (Lipinski definition) is 8. The fraction of sp³-hybridized carbons (Fsp3) is 0.310. The summed E-state index contributed by atoms with van der Waals surface area (Å²) in [6.45, 7) is 0.625. The van der Waals surface area contributed by atoms with Gasteiger partial charge in [0.05, 0.1) is 12.3 Å². The molecule has 0 saturated heterocycles. The summed E-state index contributed by atoms with van der Waals surface area (Å²) < 4.78 is 5.45. The molecular weight excluding hydrogens is 512 g/mol. The van der Waals surface area contributed by atoms with Gasteiger partial charge in [-0.2, -0.15) is 0 Å². The lowest BCUT2D eigenvalue weighted by molar-refractivity contribution is -0.123. The second kappa shape index (κ2) is 13.9. The molecule has 11 heteroatoms. The highest BCUT2D eigenvalue weighted by Crippen LogP contribution is 2.27. The van der Waals surface area contributed by atoms with Crippen molar-refractivity contribution in [2.75, 3.05) is 31.6 Å². The van der Waals surface area contributed by atoms with Gasteiger partial charge in [-0.15, -0.1) is 0 Å². The Morgan fingerprint density at radius 2 is 1.82 bits per heavy atom. The van der Waals surface area contributed by atoms with Crippen LogP contribution in [0.1, 0.15) is 45.7 Å². The second-order valence-electron chi connectivity index (χ2n) is 9.43. The summed E-state index contributed by atoms with van der Waals surface area (Å²) >= 11 is 0. The quantitative estimate of drug-likeness (QED) is 0.189. The third kappa shape index (κ3) is 7.26. The number of amides is 3. The number of hydrogen-bond donors (Lipinski definition) is 6. The highest BCUT2D eigenvalue weighted by atomic mass is 16.5. The summed E-state index contributed by atoms with van der Waals surface area (Å²) in [7, 11) is 0. The van der Waals surface area contributed by atoms with Crippen LogP contribution in [0.4, 0.5) is 5.69 Å². The van der Waals surface area contributed by atoms with Crippen molar-refractivity contribution < 1.29 is 24.2 Å². The Kier molecular flexibility index (Phi) is 9.89. The first-order chi connectivity index (χ1) is 19.5. The summed E-state index contributed by atoms with van der Waals surface area (Å²) in [6.07, 6.45) is 6.33. The molecule has 1 aliphatic rings. The Balaban J connectivity index is 1.56. The first-order valence-corrected chi connectivity index (χ1v) is 13.2. The van der Waals surface area contributed by atoms with Gasteiger partial charge in [0.2, 0.25) is 5.88 Å². The normalized spacial score (nSPS) is 13.0. The minimum Gasteiger partial charge on any atom is -0.468 e. The molecule has 0 radical (unpaired) electrons. The second-order valence-corrected chi connectivity index (χ2v) is 9.43. The number of nitrogens with one attached hydrogen (secondary N) is 4. The van der Waals surface area contributed by atoms with E-state index in [4.69, 9.17) is 15.6 Å². The van der Waals surface area contributed by atoms with Crippen LogP contribution in [0.5, 0.6) is 5.88 Å². The van der Waals surface area contributed by atoms with Gasteiger partial charge in [0.25, 0.3) is 17.7 Å². The molecule has 1 heterocycles. The monoisotopic (exact) mass is 546 g/mol. The summed E-state index contributed by atoms with van der Waals surface area (Å²) in [4.78, 5) is 42.8. The van der Waals surface area contributed by atoms with Crippen molar-refractivity contribution >= 4 is 34.2 Å². The zero-order valence-corrected chi connectivity index (χ0v) is 22.1. The van der Waals surface area contributed by atoms with Gasteiger partial charge in [0.15, 0.2) is 12.3 Å². The van der Waals surface area contributed by atoms with Crippen LogP contribution in [0.3, 0.4) is 0 Å². The minimum absolute atomic E-state index is 0.0142. The molecule has 2 aromatic carbocycles. The van der Waals surface area contributed by atoms with Gasteiger partial charge in [-0.3, -0.25) is 14.4 Å². The standard InChI is InChI=1S/C29H34N6O5/c30-12-13-31-17-20-8-9-23(22-7-2-1-6-21(20)22)28(38)34-24-10-11-26(40-18-25(37)32-14-15-36)35-27(24)29(39)33-16-19-4-3-5-19/h1-2,6-13,19,31,36H,3-5,14-18,30H2,(H,32,37)(H,33,39)(H,34,38)/b13-12-. The fourth-order valence-electron chi connectivity index (χ4n) is 4.34. The van der Waals surface area contributed by atoms with Gasteiger partial charge >= 0.3 is 0 Å². The van der Waals surface area contributed by atoms with Crippen LogP contribution in [-0.4, -0.2) is 54.1 Å². The number of benzene rings is 2. The van der Waals surface area contributed by atoms with Crippen molar-refractivity contribution in [1.29, 1.82) is 0 Å². The number of ether oxygens (including phenoxy) is 1. The summed E-state index contributed by atoms with van der Waals surface area (Å²) in [5.74, 6) is -0.800. The van der Waals surface area contributed by atoms with Gasteiger partial charge in [-0.25, -0.2) is 4.98 Å². The number of pyridine rings is 1. The lowest BCUT2D eigenvalue weighted by atomic mass is 9.85. The van der Waals surface area contributed by atoms with E-state index in [-0.39, 0.29) is 37.0 Å². The molecule has 1 fully saturated rings. The number of aliphatic hydroxyl groups is 1. The Morgan fingerprint density at radius 1 is 1.02 bits per heavy atom. The van der Waals surface area contributed by atoms with Crippen LogP contribution in [0, 0.1) is 5.92 Å². The zero-order valence-electron chi connectivity index (χ0n) is 22.1. The van der Waals surface area contributed by atoms with Crippen molar-refractivity contribution in [1.82, 2.24) is 20.9 Å². The molecule has 0 unspecified atom stereocenters. The van der Waals surface area contributed by atoms with E-state index in [1.807, 2.05) is 30.3 Å². The van der Waals surface area contributed by atoms with E-state index in [0.717, 1.165) is 35.6 Å². The Bertz CT molecular complexity index is 1390. The number of nitrogens with two attached hydrogens (primary N) is 1. The van der Waals surface area contributed by atoms with Gasteiger partial charge in [0, 0.05) is 43.7 Å². The molecule has 0 bridgehead atoms. The maximum Gasteiger partial charge on any atom is 0.272 e. The Morgan fingerprint density at radius 3 is 2.55 bits per heavy atom. The number of carbonyl (C=O) groups is 3. The van der Waals surface area contributed by atoms with Crippen LogP contribution >= 0.6 is 0 Å². The van der Waals surface area contributed by atoms with E-state index in [0.29, 0.717) is 24.6 Å². The lowest BCUT2D eigenvalue weighted by Crippen LogP contribution is -2.33. The molecule has 40 heavy (non-hydrogen) atoms. The van der Waals surface area contributed by atoms with Crippen LogP contribution in [-0.2, 0) is 11.3 Å². The number of aromatic nitrogens is 1. The van der Waals surface area contributed by atoms with Crippen LogP contribution in [0.25, 0.3) is 10.8 Å². The molecule has 4 rings (SSSR count). The van der Waals surface area contributed by atoms with E-state index in [1.165, 1.54) is 18.3 Å². The largest absolute Gasteiger partial charge is 0.468 e. The Labute approximate surface area is 232 Å². The average Bonchev–Trinajstić information content (AvgIpc) is 2.94. The molecule has 11 nitrogen and oxygen atoms in total. The van der Waals surface area contributed by atoms with E-state index in [2.05, 4.69) is 26.3 Å². The average molecular weight is 547 g/mol. The molecule has 3 amide bonds. The maximum absolute atomic E-state index is 13.5. The van der Waals surface area contributed by atoms with Crippen LogP contribution in [0.2, 0.25) is 0 Å². The molecule has 3 aromatic rings. The van der Waals surface area contributed by atoms with Crippen molar-refractivity contribution in [3.63, 3.8) is 0 Å².